The maximum absolute atomic E-state index is 11.0. The van der Waals surface area contributed by atoms with Gasteiger partial charge in [0.2, 0.25) is 0 Å². The summed E-state index contributed by atoms with van der Waals surface area (Å²) in [5, 5.41) is 11.9. The highest BCUT2D eigenvalue weighted by molar-refractivity contribution is 5.91. The van der Waals surface area contributed by atoms with Crippen molar-refractivity contribution in [2.45, 2.75) is 18.9 Å². The van der Waals surface area contributed by atoms with E-state index in [-0.39, 0.29) is 11.6 Å². The van der Waals surface area contributed by atoms with Crippen molar-refractivity contribution >= 4 is 17.7 Å². The normalized spacial score (nSPS) is 16.2. The lowest BCUT2D eigenvalue weighted by atomic mass is 10.2. The number of pyridine rings is 1. The van der Waals surface area contributed by atoms with E-state index in [1.165, 1.54) is 6.07 Å². The number of rotatable bonds is 5. The first kappa shape index (κ1) is 11.4. The second-order valence-electron chi connectivity index (χ2n) is 4.07. The third-order valence-electron chi connectivity index (χ3n) is 2.66. The van der Waals surface area contributed by atoms with Gasteiger partial charge in [0.25, 0.3) is 5.91 Å². The van der Waals surface area contributed by atoms with Crippen LogP contribution in [0.5, 0.6) is 0 Å². The third-order valence-corrected chi connectivity index (χ3v) is 2.66. The standard InChI is InChI=1S/C11H13N3O3/c12-10(15)7-2-1-3-8(13-7)14-9(11(16)17)6-4-5-6/h1-3,6,9H,4-5H2,(H2,12,15)(H,13,14)(H,16,17). The van der Waals surface area contributed by atoms with E-state index in [4.69, 9.17) is 10.8 Å². The first-order valence-corrected chi connectivity index (χ1v) is 5.34. The molecule has 1 unspecified atom stereocenters. The Hall–Kier alpha value is -2.11. The number of primary amides is 1. The number of carboxylic acid groups (broad SMARTS) is 1. The molecule has 6 heteroatoms. The van der Waals surface area contributed by atoms with E-state index < -0.39 is 17.9 Å². The molecule has 17 heavy (non-hydrogen) atoms. The molecule has 0 radical (unpaired) electrons. The van der Waals surface area contributed by atoms with Crippen LogP contribution in [0.4, 0.5) is 5.82 Å². The Morgan fingerprint density at radius 2 is 2.18 bits per heavy atom. The number of carboxylic acids is 1. The van der Waals surface area contributed by atoms with Gasteiger partial charge in [-0.1, -0.05) is 6.07 Å². The van der Waals surface area contributed by atoms with Crippen LogP contribution in [0, 0.1) is 5.92 Å². The highest BCUT2D eigenvalue weighted by atomic mass is 16.4. The molecule has 0 aliphatic heterocycles. The number of nitrogens with two attached hydrogens (primary N) is 1. The topological polar surface area (TPSA) is 105 Å². The largest absolute Gasteiger partial charge is 0.480 e. The zero-order valence-electron chi connectivity index (χ0n) is 9.09. The molecule has 0 aromatic carbocycles. The molecular formula is C11H13N3O3. The van der Waals surface area contributed by atoms with Crippen molar-refractivity contribution in [1.82, 2.24) is 4.98 Å². The van der Waals surface area contributed by atoms with Gasteiger partial charge < -0.3 is 16.2 Å². The van der Waals surface area contributed by atoms with Crippen LogP contribution in [0.1, 0.15) is 23.3 Å². The fourth-order valence-electron chi connectivity index (χ4n) is 1.62. The number of aromatic nitrogens is 1. The number of nitrogens with one attached hydrogen (secondary N) is 1. The predicted molar refractivity (Wildman–Crippen MR) is 60.5 cm³/mol. The van der Waals surface area contributed by atoms with Crippen LogP contribution in [-0.2, 0) is 4.79 Å². The number of hydrogen-bond donors (Lipinski definition) is 3. The molecule has 90 valence electrons. The summed E-state index contributed by atoms with van der Waals surface area (Å²) >= 11 is 0. The van der Waals surface area contributed by atoms with E-state index in [1.807, 2.05) is 0 Å². The second-order valence-corrected chi connectivity index (χ2v) is 4.07. The van der Waals surface area contributed by atoms with Crippen LogP contribution in [0.15, 0.2) is 18.2 Å². The molecule has 1 atom stereocenters. The molecule has 1 aromatic heterocycles. The van der Waals surface area contributed by atoms with Crippen LogP contribution in [-0.4, -0.2) is 28.0 Å². The lowest BCUT2D eigenvalue weighted by Crippen LogP contribution is -2.31. The summed E-state index contributed by atoms with van der Waals surface area (Å²) in [6.45, 7) is 0. The minimum atomic E-state index is -0.904. The lowest BCUT2D eigenvalue weighted by molar-refractivity contribution is -0.138. The highest BCUT2D eigenvalue weighted by Gasteiger charge is 2.36. The van der Waals surface area contributed by atoms with E-state index in [0.29, 0.717) is 5.82 Å². The van der Waals surface area contributed by atoms with Gasteiger partial charge in [-0.05, 0) is 30.9 Å². The van der Waals surface area contributed by atoms with Crippen LogP contribution in [0.3, 0.4) is 0 Å². The van der Waals surface area contributed by atoms with Gasteiger partial charge in [0.15, 0.2) is 0 Å². The molecule has 1 amide bonds. The maximum Gasteiger partial charge on any atom is 0.326 e. The van der Waals surface area contributed by atoms with Gasteiger partial charge in [-0.15, -0.1) is 0 Å². The zero-order valence-corrected chi connectivity index (χ0v) is 9.09. The Morgan fingerprint density at radius 3 is 2.71 bits per heavy atom. The molecule has 1 aliphatic carbocycles. The Kier molecular flexibility index (Phi) is 2.95. The summed E-state index contributed by atoms with van der Waals surface area (Å²) in [5.74, 6) is -1.03. The number of hydrogen-bond acceptors (Lipinski definition) is 4. The van der Waals surface area contributed by atoms with E-state index in [0.717, 1.165) is 12.8 Å². The maximum atomic E-state index is 11.0. The molecule has 1 heterocycles. The molecule has 1 saturated carbocycles. The van der Waals surface area contributed by atoms with Gasteiger partial charge in [0, 0.05) is 0 Å². The van der Waals surface area contributed by atoms with E-state index >= 15 is 0 Å². The molecule has 4 N–H and O–H groups in total. The Morgan fingerprint density at radius 1 is 1.47 bits per heavy atom. The van der Waals surface area contributed by atoms with Crippen molar-refractivity contribution in [3.63, 3.8) is 0 Å². The Balaban J connectivity index is 2.14. The minimum absolute atomic E-state index is 0.120. The molecule has 1 fully saturated rings. The highest BCUT2D eigenvalue weighted by Crippen LogP contribution is 2.34. The summed E-state index contributed by atoms with van der Waals surface area (Å²) in [5.41, 5.74) is 5.22. The van der Waals surface area contributed by atoms with Gasteiger partial charge in [0.05, 0.1) is 0 Å². The quantitative estimate of drug-likeness (QED) is 0.687. The fourth-order valence-corrected chi connectivity index (χ4v) is 1.62. The summed E-state index contributed by atoms with van der Waals surface area (Å²) in [6.07, 6.45) is 1.80. The first-order valence-electron chi connectivity index (χ1n) is 5.34. The average Bonchev–Trinajstić information content (AvgIpc) is 3.09. The Bertz CT molecular complexity index is 457. The van der Waals surface area contributed by atoms with Crippen molar-refractivity contribution < 1.29 is 14.7 Å². The van der Waals surface area contributed by atoms with Gasteiger partial charge >= 0.3 is 5.97 Å². The van der Waals surface area contributed by atoms with Gasteiger partial charge in [-0.3, -0.25) is 4.79 Å². The van der Waals surface area contributed by atoms with Gasteiger partial charge in [-0.25, -0.2) is 9.78 Å². The van der Waals surface area contributed by atoms with Crippen molar-refractivity contribution in [3.05, 3.63) is 23.9 Å². The SMILES string of the molecule is NC(=O)c1cccc(NC(C(=O)O)C2CC2)n1. The Labute approximate surface area is 97.8 Å². The van der Waals surface area contributed by atoms with Crippen molar-refractivity contribution in [1.29, 1.82) is 0 Å². The molecule has 0 spiro atoms. The number of carbonyl (C=O) groups excluding carboxylic acids is 1. The average molecular weight is 235 g/mol. The zero-order chi connectivity index (χ0) is 12.4. The second kappa shape index (κ2) is 4.40. The lowest BCUT2D eigenvalue weighted by Gasteiger charge is -2.14. The monoisotopic (exact) mass is 235 g/mol. The molecule has 1 aromatic rings. The number of nitrogens with zero attached hydrogens (tertiary/aromatic N) is 1. The number of aliphatic carboxylic acids is 1. The molecule has 6 nitrogen and oxygen atoms in total. The smallest absolute Gasteiger partial charge is 0.326 e. The van der Waals surface area contributed by atoms with Crippen molar-refractivity contribution in [2.75, 3.05) is 5.32 Å². The van der Waals surface area contributed by atoms with Crippen molar-refractivity contribution in [3.8, 4) is 0 Å². The molecular weight excluding hydrogens is 222 g/mol. The van der Waals surface area contributed by atoms with Gasteiger partial charge in [-0.2, -0.15) is 0 Å². The first-order chi connectivity index (χ1) is 8.08. The molecule has 2 rings (SSSR count). The summed E-state index contributed by atoms with van der Waals surface area (Å²) in [6, 6.07) is 4.07. The number of amides is 1. The van der Waals surface area contributed by atoms with E-state index in [9.17, 15) is 9.59 Å². The number of carbonyl (C=O) groups is 2. The van der Waals surface area contributed by atoms with Crippen LogP contribution in [0.2, 0.25) is 0 Å². The summed E-state index contributed by atoms with van der Waals surface area (Å²) < 4.78 is 0. The summed E-state index contributed by atoms with van der Waals surface area (Å²) in [7, 11) is 0. The van der Waals surface area contributed by atoms with Crippen molar-refractivity contribution in [2.24, 2.45) is 11.7 Å². The van der Waals surface area contributed by atoms with Crippen LogP contribution in [0.25, 0.3) is 0 Å². The fraction of sp³-hybridized carbons (Fsp3) is 0.364. The predicted octanol–water partition coefficient (Wildman–Crippen LogP) is 0.456. The van der Waals surface area contributed by atoms with Crippen LogP contribution >= 0.6 is 0 Å². The van der Waals surface area contributed by atoms with E-state index in [2.05, 4.69) is 10.3 Å². The molecule has 1 aliphatic rings. The molecule has 0 bridgehead atoms. The van der Waals surface area contributed by atoms with Gasteiger partial charge in [0.1, 0.15) is 17.6 Å². The van der Waals surface area contributed by atoms with Crippen LogP contribution < -0.4 is 11.1 Å². The van der Waals surface area contributed by atoms with E-state index in [1.54, 1.807) is 12.1 Å². The number of anilines is 1. The summed E-state index contributed by atoms with van der Waals surface area (Å²) in [4.78, 5) is 25.9. The molecule has 0 saturated heterocycles. The minimum Gasteiger partial charge on any atom is -0.480 e. The third kappa shape index (κ3) is 2.72.